The van der Waals surface area contributed by atoms with Crippen LogP contribution in [0.25, 0.3) is 55.6 Å². The number of H-pyrrole nitrogens is 1. The number of methoxy groups -OCH3 is 2. The van der Waals surface area contributed by atoms with E-state index >= 15 is 0 Å². The molecule has 147 heavy (non-hydrogen) atoms. The number of rotatable bonds is 16. The number of esters is 2. The molecule has 0 radical (unpaired) electrons. The van der Waals surface area contributed by atoms with E-state index in [0.717, 1.165) is 155 Å². The molecule has 11 heterocycles. The van der Waals surface area contributed by atoms with Gasteiger partial charge in [-0.1, -0.05) is 77.1 Å². The van der Waals surface area contributed by atoms with Crippen LogP contribution in [0.3, 0.4) is 0 Å². The number of hydrogen-bond acceptors (Lipinski definition) is 24. The van der Waals surface area contributed by atoms with Crippen molar-refractivity contribution in [2.75, 3.05) is 30.2 Å². The Bertz CT molecular complexity index is 7060. The summed E-state index contributed by atoms with van der Waals surface area (Å²) in [5.74, 6) is 1.80. The minimum Gasteiger partial charge on any atom is -0.481 e. The number of fused-ring (bicyclic) bond motifs is 15. The van der Waals surface area contributed by atoms with Crippen LogP contribution in [0.2, 0.25) is 15.5 Å². The number of ether oxygens (including phenoxy) is 2. The molecule has 25 rings (SSSR count). The molecule has 8 bridgehead atoms. The summed E-state index contributed by atoms with van der Waals surface area (Å²) in [4.78, 5) is 85.6. The van der Waals surface area contributed by atoms with Crippen molar-refractivity contribution < 1.29 is 104 Å². The normalized spacial score (nSPS) is 24.3. The van der Waals surface area contributed by atoms with E-state index in [0.29, 0.717) is 85.9 Å². The fourth-order valence-electron chi connectivity index (χ4n) is 22.4. The molecular formula is C104H113BCl3F9N14O14S2. The number of pyridine rings is 7. The lowest BCUT2D eigenvalue weighted by molar-refractivity contribution is -0.192. The number of aryl methyl sites for hydroxylation is 4. The number of aromatic nitrogens is 10. The highest BCUT2D eigenvalue weighted by molar-refractivity contribution is 7.90. The number of carboxylic acid groups (broad SMARTS) is 1. The molecule has 43 heteroatoms. The van der Waals surface area contributed by atoms with Crippen molar-refractivity contribution >= 4 is 142 Å². The Balaban J connectivity index is 0.000000137. The molecule has 12 aromatic rings. The Morgan fingerprint density at radius 1 is 0.483 bits per heavy atom. The fourth-order valence-corrected chi connectivity index (χ4v) is 25.7. The summed E-state index contributed by atoms with van der Waals surface area (Å²) in [6.45, 7) is 17.6. The standard InChI is InChI=1S/C30H31FN4O4S.C22H23FN4O2.C20H22BFN2O4S.C16H18ClF3N2O2.C9H17N.C6H2Cl2F3N.CO2/c1-17-4-10-22(11-5-17)40(37,38)35-16-24(23-14-21(31)15-32-29(23)35)25-12-18(2)13-26(33-25)34-28-20-8-6-19(7-9-20)27(28)30(36)39-3;1-11-6-17(16-10-25-21-15(16)8-14(23)9-24-21)26-18(7-11)27-20-13-4-2-12(3-5-13)19(20)22(28)29;1-13-6-8-15(9-7-13)29(25,26)24-12-17(16-10-14(22)11-23-18(16)24)21-27-19(2,3)20(4,5)28-21;1-24-15(23)13-8-2-4-9(5-3-8)14(13)22-12-7-10(16(18,19)20)6-11(17)21-12;1-6-7-2-4-8(5-3-7)9(6)10;7-4-1-3(6(9,10)11)2-5(8)12-4;2-1-3/h4-5,10-16,19-20,27-28H,6-9H2,1-3H3,(H,33,34);6-10,12-13,19-20H,2-5H2,1H3,(H,24,25)(H,26,27)(H,28,29);6-12H,1-5H3;6-9,13-14H,2-5H2,1H3,(H,21,22);6-9H,2-5,10H2,1H3;1-2H;/t19?,20?,27-,28-;12?,13?,19-,20-;;8?,9?,13-,14-;6-,7?,8?,9+;;/m00.00../s1. The quantitative estimate of drug-likeness (QED) is 0.0226. The zero-order valence-electron chi connectivity index (χ0n) is 82.3. The number of aromatic amines is 1. The molecule has 0 unspecified atom stereocenters. The van der Waals surface area contributed by atoms with Gasteiger partial charge >= 0.3 is 43.5 Å². The number of halogens is 12. The first-order chi connectivity index (χ1) is 69.4. The van der Waals surface area contributed by atoms with Crippen LogP contribution in [0.1, 0.15) is 171 Å². The lowest BCUT2D eigenvalue weighted by Crippen LogP contribution is -2.51. The number of anilines is 3. The van der Waals surface area contributed by atoms with Crippen LogP contribution in [0.4, 0.5) is 57.0 Å². The number of carbonyl (C=O) groups excluding carboxylic acids is 4. The molecule has 13 aliphatic rings. The Kier molecular flexibility index (Phi) is 33.3. The Morgan fingerprint density at radius 3 is 1.26 bits per heavy atom. The predicted octanol–water partition coefficient (Wildman–Crippen LogP) is 21.6. The van der Waals surface area contributed by atoms with Crippen LogP contribution in [0, 0.1) is 116 Å². The molecule has 13 fully saturated rings. The van der Waals surface area contributed by atoms with E-state index in [1.165, 1.54) is 88.8 Å². The maximum absolute atomic E-state index is 14.4. The number of nitrogens with two attached hydrogens (primary N) is 1. The van der Waals surface area contributed by atoms with Gasteiger partial charge in [-0.15, -0.1) is 0 Å². The van der Waals surface area contributed by atoms with Crippen molar-refractivity contribution in [2.45, 2.75) is 223 Å². The smallest absolute Gasteiger partial charge is 0.481 e. The van der Waals surface area contributed by atoms with E-state index in [1.807, 2.05) is 79.7 Å². The van der Waals surface area contributed by atoms with Gasteiger partial charge in [-0.2, -0.15) is 35.9 Å². The van der Waals surface area contributed by atoms with Crippen LogP contribution >= 0.6 is 34.8 Å². The monoisotopic (exact) mass is 2130 g/mol. The minimum atomic E-state index is -4.50. The summed E-state index contributed by atoms with van der Waals surface area (Å²) >= 11 is 16.3. The lowest BCUT2D eigenvalue weighted by Gasteiger charge is -2.47. The molecule has 0 amide bonds. The van der Waals surface area contributed by atoms with Gasteiger partial charge in [-0.3, -0.25) is 14.4 Å². The molecule has 12 saturated carbocycles. The fraction of sp³-hybridized carbons (Fsp3) is 0.452. The van der Waals surface area contributed by atoms with E-state index in [1.54, 1.807) is 42.6 Å². The highest BCUT2D eigenvalue weighted by Gasteiger charge is 2.55. The molecule has 12 aliphatic carbocycles. The zero-order chi connectivity index (χ0) is 106. The Hall–Kier alpha value is -11.6. The summed E-state index contributed by atoms with van der Waals surface area (Å²) in [5.41, 5.74) is 10.5. The van der Waals surface area contributed by atoms with Gasteiger partial charge in [0, 0.05) is 75.5 Å². The van der Waals surface area contributed by atoms with E-state index in [9.17, 15) is 75.8 Å². The summed E-state index contributed by atoms with van der Waals surface area (Å²) in [6.07, 6.45) is 16.9. The van der Waals surface area contributed by atoms with Crippen molar-refractivity contribution in [3.8, 4) is 22.5 Å². The predicted molar refractivity (Wildman–Crippen MR) is 536 cm³/mol. The molecule has 1 aliphatic heterocycles. The minimum absolute atomic E-state index is 0.0429. The van der Waals surface area contributed by atoms with E-state index in [-0.39, 0.29) is 120 Å². The number of nitrogens with zero attached hydrogens (tertiary/aromatic N) is 9. The van der Waals surface area contributed by atoms with Gasteiger partial charge in [0.1, 0.15) is 56.0 Å². The molecule has 2 aromatic carbocycles. The maximum atomic E-state index is 14.4. The molecule has 8 atom stereocenters. The Labute approximate surface area is 859 Å². The van der Waals surface area contributed by atoms with Crippen LogP contribution in [0.15, 0.2) is 162 Å². The van der Waals surface area contributed by atoms with Gasteiger partial charge in [0.2, 0.25) is 0 Å². The number of hydrogen-bond donors (Lipinski definition) is 6. The van der Waals surface area contributed by atoms with Gasteiger partial charge in [0.25, 0.3) is 20.0 Å². The van der Waals surface area contributed by atoms with Crippen molar-refractivity contribution in [3.63, 3.8) is 0 Å². The molecule has 10 aromatic heterocycles. The summed E-state index contributed by atoms with van der Waals surface area (Å²) in [5, 5.41) is 20.4. The van der Waals surface area contributed by atoms with Gasteiger partial charge in [-0.05, 0) is 314 Å². The number of aliphatic carboxylic acids is 1. The van der Waals surface area contributed by atoms with E-state index in [4.69, 9.17) is 78.9 Å². The van der Waals surface area contributed by atoms with E-state index in [2.05, 4.69) is 52.8 Å². The molecular weight excluding hydrogens is 2020 g/mol. The first kappa shape index (κ1) is 110. The van der Waals surface area contributed by atoms with Crippen LogP contribution in [-0.4, -0.2) is 151 Å². The van der Waals surface area contributed by atoms with Gasteiger partial charge < -0.3 is 50.6 Å². The van der Waals surface area contributed by atoms with E-state index < -0.39 is 85.3 Å². The average molecular weight is 2140 g/mol. The second-order valence-corrected chi connectivity index (χ2v) is 45.1. The maximum Gasteiger partial charge on any atom is 0.497 e. The molecule has 782 valence electrons. The van der Waals surface area contributed by atoms with Crippen LogP contribution in [-0.2, 0) is 75.2 Å². The van der Waals surface area contributed by atoms with Gasteiger partial charge in [0.05, 0.1) is 94.1 Å². The summed E-state index contributed by atoms with van der Waals surface area (Å²) in [7, 11) is -6.04. The first-order valence-electron chi connectivity index (χ1n) is 48.5. The molecule has 28 nitrogen and oxygen atoms in total. The van der Waals surface area contributed by atoms with Gasteiger partial charge in [-0.25, -0.2) is 72.8 Å². The van der Waals surface area contributed by atoms with Crippen molar-refractivity contribution in [3.05, 3.63) is 219 Å². The SMILES string of the molecule is COC(=O)[C@H]1C2CCC(CC2)[C@@H]1Nc1cc(C(F)(F)F)cc(Cl)n1.COC(=O)[C@H]1C2CCC(CC2)[C@@H]1Nc1cc(C)cc(-c2cn(S(=O)(=O)c3ccc(C)cc3)c3ncc(F)cc23)n1.C[C@H]1C2CCC(CC2)[C@@H]1N.Cc1cc(N[C@H]2C3CCC(CC3)[C@@H]2C(=O)O)nc(-c2c[nH]c3ncc(F)cc23)c1.Cc1ccc(S(=O)(=O)n2cc(B3OC(C)(C)C(C)(C)O3)c3cc(F)cnc32)cc1.FC(F)(F)c1cc(Cl)nc(Cl)c1.O=C=O. The third-order valence-electron chi connectivity index (χ3n) is 30.6. The van der Waals surface area contributed by atoms with Crippen LogP contribution in [0.5, 0.6) is 0 Å². The molecule has 7 N–H and O–H groups in total. The van der Waals surface area contributed by atoms with Crippen LogP contribution < -0.4 is 27.1 Å². The van der Waals surface area contributed by atoms with Gasteiger partial charge in [0.15, 0.2) is 11.3 Å². The number of benzene rings is 2. The number of alkyl halides is 6. The van der Waals surface area contributed by atoms with Crippen molar-refractivity contribution in [2.24, 2.45) is 76.7 Å². The number of carboxylic acids is 1. The Morgan fingerprint density at radius 2 is 0.844 bits per heavy atom. The highest BCUT2D eigenvalue weighted by Crippen LogP contribution is 2.52. The summed E-state index contributed by atoms with van der Waals surface area (Å²) < 4.78 is 195. The topological polar surface area (TPSA) is 389 Å². The second kappa shape index (κ2) is 44.7. The lowest BCUT2D eigenvalue weighted by atomic mass is 9.61. The molecule has 1 saturated heterocycles. The molecule has 0 spiro atoms. The second-order valence-electron chi connectivity index (χ2n) is 40.3. The number of nitrogens with one attached hydrogen (secondary N) is 4. The zero-order valence-corrected chi connectivity index (χ0v) is 86.2. The third-order valence-corrected chi connectivity index (χ3v) is 34.5. The summed E-state index contributed by atoms with van der Waals surface area (Å²) in [6, 6.07) is 27.9. The average Bonchev–Trinajstić information content (AvgIpc) is 1.58. The highest BCUT2D eigenvalue weighted by atomic mass is 35.5. The number of carbonyl (C=O) groups is 3. The van der Waals surface area contributed by atoms with Crippen molar-refractivity contribution in [1.82, 2.24) is 47.8 Å². The first-order valence-corrected chi connectivity index (χ1v) is 52.5. The third kappa shape index (κ3) is 24.3. The van der Waals surface area contributed by atoms with Crippen molar-refractivity contribution in [1.29, 1.82) is 0 Å². The largest absolute Gasteiger partial charge is 0.497 e.